The fourth-order valence-electron chi connectivity index (χ4n) is 5.12. The summed E-state index contributed by atoms with van der Waals surface area (Å²) in [7, 11) is 0. The van der Waals surface area contributed by atoms with E-state index in [1.54, 1.807) is 12.1 Å². The number of fused-ring (bicyclic) bond motifs is 2. The Labute approximate surface area is 170 Å². The maximum atomic E-state index is 11.8. The highest BCUT2D eigenvalue weighted by atomic mass is 16.6. The molecule has 3 aromatic rings. The lowest BCUT2D eigenvalue weighted by molar-refractivity contribution is -0.385. The van der Waals surface area contributed by atoms with Crippen molar-refractivity contribution in [3.05, 3.63) is 106 Å². The smallest absolute Gasteiger partial charge is 0.273 e. The van der Waals surface area contributed by atoms with E-state index in [0.717, 1.165) is 22.5 Å². The molecule has 0 aromatic heterocycles. The van der Waals surface area contributed by atoms with Crippen molar-refractivity contribution in [3.8, 4) is 0 Å². The maximum absolute atomic E-state index is 11.8. The van der Waals surface area contributed by atoms with Crippen LogP contribution in [0.4, 0.5) is 17.1 Å². The molecule has 1 aliphatic heterocycles. The van der Waals surface area contributed by atoms with Crippen LogP contribution in [0, 0.1) is 10.1 Å². The highest BCUT2D eigenvalue weighted by Gasteiger charge is 2.57. The second kappa shape index (κ2) is 6.05. The Morgan fingerprint density at radius 2 is 1.66 bits per heavy atom. The zero-order chi connectivity index (χ0) is 20.2. The molecule has 1 aliphatic carbocycles. The normalized spacial score (nSPS) is 21.1. The van der Waals surface area contributed by atoms with Crippen molar-refractivity contribution in [3.63, 3.8) is 0 Å². The summed E-state index contributed by atoms with van der Waals surface area (Å²) in [6, 6.07) is 24.2. The lowest BCUT2D eigenvalue weighted by Crippen LogP contribution is -2.55. The Morgan fingerprint density at radius 1 is 0.931 bits per heavy atom. The van der Waals surface area contributed by atoms with Crippen molar-refractivity contribution in [1.82, 2.24) is 0 Å². The molecule has 0 radical (unpaired) electrons. The van der Waals surface area contributed by atoms with Crippen molar-refractivity contribution in [2.75, 3.05) is 4.90 Å². The van der Waals surface area contributed by atoms with Crippen LogP contribution >= 0.6 is 0 Å². The highest BCUT2D eigenvalue weighted by Crippen LogP contribution is 2.58. The molecule has 1 heterocycles. The van der Waals surface area contributed by atoms with Crippen molar-refractivity contribution in [1.29, 1.82) is 0 Å². The molecule has 0 amide bonds. The molecule has 1 atom stereocenters. The van der Waals surface area contributed by atoms with E-state index < -0.39 is 5.54 Å². The van der Waals surface area contributed by atoms with Crippen molar-refractivity contribution < 1.29 is 4.92 Å². The summed E-state index contributed by atoms with van der Waals surface area (Å²) >= 11 is 0. The maximum Gasteiger partial charge on any atom is 0.273 e. The van der Waals surface area contributed by atoms with Gasteiger partial charge in [0.1, 0.15) is 0 Å². The Kier molecular flexibility index (Phi) is 3.69. The summed E-state index contributed by atoms with van der Waals surface area (Å²) in [6.45, 7) is 4.50. The first-order chi connectivity index (χ1) is 14.0. The molecule has 3 aromatic carbocycles. The molecule has 29 heavy (non-hydrogen) atoms. The van der Waals surface area contributed by atoms with Gasteiger partial charge in [-0.2, -0.15) is 0 Å². The first-order valence-electron chi connectivity index (χ1n) is 9.86. The van der Waals surface area contributed by atoms with Gasteiger partial charge in [-0.1, -0.05) is 74.5 Å². The van der Waals surface area contributed by atoms with E-state index in [-0.39, 0.29) is 16.0 Å². The van der Waals surface area contributed by atoms with Crippen LogP contribution < -0.4 is 4.90 Å². The number of nitro benzene ring substituents is 1. The van der Waals surface area contributed by atoms with Gasteiger partial charge in [0, 0.05) is 34.8 Å². The molecule has 0 saturated carbocycles. The monoisotopic (exact) mass is 382 g/mol. The van der Waals surface area contributed by atoms with Gasteiger partial charge in [-0.3, -0.25) is 10.1 Å². The minimum Gasteiger partial charge on any atom is -0.330 e. The summed E-state index contributed by atoms with van der Waals surface area (Å²) in [6.07, 6.45) is 4.90. The summed E-state index contributed by atoms with van der Waals surface area (Å²) in [4.78, 5) is 13.9. The zero-order valence-electron chi connectivity index (χ0n) is 16.5. The predicted octanol–water partition coefficient (Wildman–Crippen LogP) is 6.03. The van der Waals surface area contributed by atoms with E-state index in [0.29, 0.717) is 6.42 Å². The van der Waals surface area contributed by atoms with Crippen LogP contribution in [0.15, 0.2) is 78.9 Å². The molecule has 0 saturated heterocycles. The van der Waals surface area contributed by atoms with E-state index in [4.69, 9.17) is 0 Å². The average molecular weight is 382 g/mol. The van der Waals surface area contributed by atoms with Crippen molar-refractivity contribution >= 4 is 23.1 Å². The number of hydrogen-bond donors (Lipinski definition) is 0. The van der Waals surface area contributed by atoms with Crippen LogP contribution in [-0.4, -0.2) is 10.5 Å². The molecule has 4 nitrogen and oxygen atoms in total. The number of anilines is 2. The van der Waals surface area contributed by atoms with E-state index in [2.05, 4.69) is 67.3 Å². The topological polar surface area (TPSA) is 46.4 Å². The van der Waals surface area contributed by atoms with Gasteiger partial charge in [0.2, 0.25) is 0 Å². The standard InChI is InChI=1S/C25H22N2O2/c1-24(2)21-12-6-7-13-23(21)26(19-10-4-3-5-11-19)25(24)16-15-18-9-8-14-22(27(28)29)20(18)17-25/h3-16H,17H2,1-2H3. The largest absolute Gasteiger partial charge is 0.330 e. The van der Waals surface area contributed by atoms with Gasteiger partial charge >= 0.3 is 0 Å². The molecule has 5 rings (SSSR count). The summed E-state index contributed by atoms with van der Waals surface area (Å²) < 4.78 is 0. The molecular weight excluding hydrogens is 360 g/mol. The van der Waals surface area contributed by atoms with Gasteiger partial charge in [-0.05, 0) is 29.3 Å². The van der Waals surface area contributed by atoms with Crippen LogP contribution in [0.25, 0.3) is 6.08 Å². The number of benzene rings is 3. The van der Waals surface area contributed by atoms with Crippen LogP contribution in [0.1, 0.15) is 30.5 Å². The van der Waals surface area contributed by atoms with Gasteiger partial charge in [0.05, 0.1) is 10.5 Å². The van der Waals surface area contributed by atoms with Gasteiger partial charge in [0.15, 0.2) is 0 Å². The van der Waals surface area contributed by atoms with Gasteiger partial charge < -0.3 is 4.90 Å². The molecule has 0 N–H and O–H groups in total. The highest BCUT2D eigenvalue weighted by molar-refractivity contribution is 5.81. The van der Waals surface area contributed by atoms with Crippen LogP contribution in [0.2, 0.25) is 0 Å². The molecule has 4 heteroatoms. The Hall–Kier alpha value is -3.40. The lowest BCUT2D eigenvalue weighted by atomic mass is 9.65. The summed E-state index contributed by atoms with van der Waals surface area (Å²) in [5.74, 6) is 0. The third-order valence-electron chi connectivity index (χ3n) is 6.68. The van der Waals surface area contributed by atoms with E-state index in [1.165, 1.54) is 5.56 Å². The molecule has 1 unspecified atom stereocenters. The summed E-state index contributed by atoms with van der Waals surface area (Å²) in [5, 5.41) is 11.8. The second-order valence-corrected chi connectivity index (χ2v) is 8.35. The van der Waals surface area contributed by atoms with Crippen molar-refractivity contribution in [2.24, 2.45) is 0 Å². The predicted molar refractivity (Wildman–Crippen MR) is 117 cm³/mol. The molecule has 144 valence electrons. The molecule has 0 bridgehead atoms. The first kappa shape index (κ1) is 17.7. The molecule has 2 aliphatic rings. The first-order valence-corrected chi connectivity index (χ1v) is 9.86. The Bertz CT molecular complexity index is 1150. The van der Waals surface area contributed by atoms with Gasteiger partial charge in [0.25, 0.3) is 5.69 Å². The Balaban J connectivity index is 1.79. The number of rotatable bonds is 2. The fourth-order valence-corrected chi connectivity index (χ4v) is 5.12. The van der Waals surface area contributed by atoms with E-state index in [9.17, 15) is 10.1 Å². The number of nitrogens with zero attached hydrogens (tertiary/aromatic N) is 2. The second-order valence-electron chi connectivity index (χ2n) is 8.35. The SMILES string of the molecule is CC1(C)c2ccccc2N(c2ccccc2)C12C=Cc1cccc([N+](=O)[O-])c1C2. The van der Waals surface area contributed by atoms with Crippen LogP contribution in [0.5, 0.6) is 0 Å². The van der Waals surface area contributed by atoms with Gasteiger partial charge in [-0.15, -0.1) is 0 Å². The van der Waals surface area contributed by atoms with Crippen LogP contribution in [0.3, 0.4) is 0 Å². The number of nitro groups is 1. The lowest BCUT2D eigenvalue weighted by Gasteiger charge is -2.48. The van der Waals surface area contributed by atoms with E-state index >= 15 is 0 Å². The number of para-hydroxylation sites is 2. The average Bonchev–Trinajstić information content (AvgIpc) is 2.92. The minimum absolute atomic E-state index is 0.200. The molecular formula is C25H22N2O2. The van der Waals surface area contributed by atoms with E-state index in [1.807, 2.05) is 24.3 Å². The fraction of sp³-hybridized carbons (Fsp3) is 0.200. The minimum atomic E-state index is -0.433. The van der Waals surface area contributed by atoms with Crippen LogP contribution in [-0.2, 0) is 11.8 Å². The Morgan fingerprint density at radius 3 is 2.41 bits per heavy atom. The summed E-state index contributed by atoms with van der Waals surface area (Å²) in [5.41, 5.74) is 4.79. The zero-order valence-corrected chi connectivity index (χ0v) is 16.5. The molecule has 0 fully saturated rings. The third-order valence-corrected chi connectivity index (χ3v) is 6.68. The third kappa shape index (κ3) is 2.32. The quantitative estimate of drug-likeness (QED) is 0.401. The molecule has 1 spiro atoms. The number of hydrogen-bond acceptors (Lipinski definition) is 3. The van der Waals surface area contributed by atoms with Gasteiger partial charge in [-0.25, -0.2) is 0 Å². The van der Waals surface area contributed by atoms with Crippen molar-refractivity contribution in [2.45, 2.75) is 31.2 Å².